The van der Waals surface area contributed by atoms with E-state index in [0.29, 0.717) is 5.92 Å². The predicted octanol–water partition coefficient (Wildman–Crippen LogP) is 3.53. The van der Waals surface area contributed by atoms with Gasteiger partial charge in [0.05, 0.1) is 11.2 Å². The van der Waals surface area contributed by atoms with Crippen molar-refractivity contribution < 1.29 is 4.74 Å². The number of hydrogen-bond acceptors (Lipinski definition) is 3. The molecule has 0 atom stereocenters. The topological polar surface area (TPSA) is 22.1 Å². The average molecular weight is 227 g/mol. The van der Waals surface area contributed by atoms with Gasteiger partial charge in [0.1, 0.15) is 0 Å². The third-order valence-electron chi connectivity index (χ3n) is 2.16. The molecule has 1 rings (SSSR count). The third-order valence-corrected chi connectivity index (χ3v) is 2.79. The lowest BCUT2D eigenvalue weighted by molar-refractivity contribution is 0.106. The Hall–Kier alpha value is -0.410. The lowest BCUT2D eigenvalue weighted by Gasteiger charge is -2.05. The fraction of sp³-hybridized carbons (Fsp3) is 0.750. The number of rotatable bonds is 8. The third kappa shape index (κ3) is 6.63. The minimum absolute atomic E-state index is 0.653. The monoisotopic (exact) mass is 227 g/mol. The maximum atomic E-state index is 5.52. The summed E-state index contributed by atoms with van der Waals surface area (Å²) in [5, 5.41) is 2.13. The van der Waals surface area contributed by atoms with Crippen LogP contribution in [0.3, 0.4) is 0 Å². The molecule has 3 heteroatoms. The first-order valence-corrected chi connectivity index (χ1v) is 6.68. The minimum atomic E-state index is 0.653. The molecule has 0 unspecified atom stereocenters. The Bertz CT molecular complexity index is 234. The summed E-state index contributed by atoms with van der Waals surface area (Å²) in [5.41, 5.74) is 3.14. The molecule has 0 saturated carbocycles. The van der Waals surface area contributed by atoms with Crippen molar-refractivity contribution in [1.29, 1.82) is 0 Å². The lowest BCUT2D eigenvalue weighted by Crippen LogP contribution is -2.03. The van der Waals surface area contributed by atoms with E-state index in [2.05, 4.69) is 24.2 Å². The van der Waals surface area contributed by atoms with E-state index in [0.717, 1.165) is 19.6 Å². The van der Waals surface area contributed by atoms with E-state index in [1.54, 1.807) is 11.3 Å². The number of nitrogens with zero attached hydrogens (tertiary/aromatic N) is 1. The van der Waals surface area contributed by atoms with Gasteiger partial charge in [0.25, 0.3) is 0 Å². The Labute approximate surface area is 96.7 Å². The second-order valence-corrected chi connectivity index (χ2v) is 4.98. The molecule has 2 nitrogen and oxygen atoms in total. The van der Waals surface area contributed by atoms with Crippen LogP contribution in [-0.2, 0) is 11.2 Å². The highest BCUT2D eigenvalue weighted by atomic mass is 32.1. The molecule has 0 radical (unpaired) electrons. The summed E-state index contributed by atoms with van der Waals surface area (Å²) < 4.78 is 5.52. The van der Waals surface area contributed by atoms with E-state index < -0.39 is 0 Å². The van der Waals surface area contributed by atoms with Gasteiger partial charge in [-0.2, -0.15) is 0 Å². The molecule has 15 heavy (non-hydrogen) atoms. The molecule has 86 valence electrons. The van der Waals surface area contributed by atoms with Crippen molar-refractivity contribution in [2.45, 2.75) is 39.5 Å². The predicted molar refractivity (Wildman–Crippen MR) is 65.3 cm³/mol. The Kier molecular flexibility index (Phi) is 6.60. The van der Waals surface area contributed by atoms with Crippen LogP contribution >= 0.6 is 11.3 Å². The summed E-state index contributed by atoms with van der Waals surface area (Å²) in [6, 6.07) is 0. The second kappa shape index (κ2) is 7.83. The fourth-order valence-corrected chi connectivity index (χ4v) is 1.96. The lowest BCUT2D eigenvalue weighted by atomic mass is 10.2. The van der Waals surface area contributed by atoms with Crippen LogP contribution in [0.15, 0.2) is 10.9 Å². The van der Waals surface area contributed by atoms with Crippen molar-refractivity contribution in [2.24, 2.45) is 5.92 Å². The molecule has 0 aliphatic carbocycles. The van der Waals surface area contributed by atoms with Crippen LogP contribution in [0, 0.1) is 5.92 Å². The maximum Gasteiger partial charge on any atom is 0.0794 e. The maximum absolute atomic E-state index is 5.52. The standard InChI is InChI=1S/C12H21NOS/c1-11(2)8-14-7-5-3-4-6-12-9-15-10-13-12/h9-11H,3-8H2,1-2H3. The van der Waals surface area contributed by atoms with Crippen LogP contribution in [0.4, 0.5) is 0 Å². The van der Waals surface area contributed by atoms with Gasteiger partial charge < -0.3 is 4.74 Å². The van der Waals surface area contributed by atoms with Gasteiger partial charge in [0.2, 0.25) is 0 Å². The number of aryl methyl sites for hydroxylation is 1. The molecule has 1 heterocycles. The van der Waals surface area contributed by atoms with Gasteiger partial charge in [0.15, 0.2) is 0 Å². The van der Waals surface area contributed by atoms with E-state index >= 15 is 0 Å². The summed E-state index contributed by atoms with van der Waals surface area (Å²) >= 11 is 1.68. The number of thiazole rings is 1. The molecule has 0 fully saturated rings. The quantitative estimate of drug-likeness (QED) is 0.634. The average Bonchev–Trinajstić information content (AvgIpc) is 2.68. The van der Waals surface area contributed by atoms with Crippen LogP contribution in [0.1, 0.15) is 38.8 Å². The molecule has 0 bridgehead atoms. The van der Waals surface area contributed by atoms with Crippen molar-refractivity contribution in [3.05, 3.63) is 16.6 Å². The second-order valence-electron chi connectivity index (χ2n) is 4.26. The Morgan fingerprint density at radius 1 is 1.33 bits per heavy atom. The highest BCUT2D eigenvalue weighted by Crippen LogP contribution is 2.07. The van der Waals surface area contributed by atoms with Gasteiger partial charge in [-0.3, -0.25) is 0 Å². The van der Waals surface area contributed by atoms with Crippen molar-refractivity contribution in [3.8, 4) is 0 Å². The molecular weight excluding hydrogens is 206 g/mol. The van der Waals surface area contributed by atoms with Crippen molar-refractivity contribution in [2.75, 3.05) is 13.2 Å². The molecule has 0 aliphatic rings. The van der Waals surface area contributed by atoms with Crippen LogP contribution in [0.25, 0.3) is 0 Å². The zero-order valence-corrected chi connectivity index (χ0v) is 10.6. The van der Waals surface area contributed by atoms with Gasteiger partial charge in [-0.25, -0.2) is 4.98 Å². The van der Waals surface area contributed by atoms with Crippen LogP contribution in [0.5, 0.6) is 0 Å². The van der Waals surface area contributed by atoms with E-state index in [1.807, 2.05) is 5.51 Å². The summed E-state index contributed by atoms with van der Waals surface area (Å²) in [6.07, 6.45) is 4.77. The Balaban J connectivity index is 1.85. The normalized spacial score (nSPS) is 11.1. The molecular formula is C12H21NOS. The number of ether oxygens (including phenoxy) is 1. The smallest absolute Gasteiger partial charge is 0.0794 e. The Morgan fingerprint density at radius 3 is 2.87 bits per heavy atom. The molecule has 1 aromatic heterocycles. The molecule has 0 N–H and O–H groups in total. The zero-order valence-electron chi connectivity index (χ0n) is 9.74. The number of unbranched alkanes of at least 4 members (excludes halogenated alkanes) is 2. The molecule has 1 aromatic rings. The van der Waals surface area contributed by atoms with E-state index in [9.17, 15) is 0 Å². The van der Waals surface area contributed by atoms with Crippen molar-refractivity contribution >= 4 is 11.3 Å². The van der Waals surface area contributed by atoms with Crippen LogP contribution in [-0.4, -0.2) is 18.2 Å². The van der Waals surface area contributed by atoms with Gasteiger partial charge in [-0.1, -0.05) is 20.3 Å². The summed E-state index contributed by atoms with van der Waals surface area (Å²) in [7, 11) is 0. The van der Waals surface area contributed by atoms with Gasteiger partial charge in [-0.05, 0) is 25.2 Å². The van der Waals surface area contributed by atoms with Crippen LogP contribution < -0.4 is 0 Å². The Morgan fingerprint density at radius 2 is 2.20 bits per heavy atom. The molecule has 0 spiro atoms. The van der Waals surface area contributed by atoms with Gasteiger partial charge in [-0.15, -0.1) is 11.3 Å². The number of hydrogen-bond donors (Lipinski definition) is 0. The first-order valence-electron chi connectivity index (χ1n) is 5.74. The molecule has 0 aromatic carbocycles. The zero-order chi connectivity index (χ0) is 10.9. The fourth-order valence-electron chi connectivity index (χ4n) is 1.37. The van der Waals surface area contributed by atoms with Crippen molar-refractivity contribution in [3.63, 3.8) is 0 Å². The first-order chi connectivity index (χ1) is 7.29. The summed E-state index contributed by atoms with van der Waals surface area (Å²) in [4.78, 5) is 4.26. The van der Waals surface area contributed by atoms with E-state index in [4.69, 9.17) is 4.74 Å². The van der Waals surface area contributed by atoms with Crippen LogP contribution in [0.2, 0.25) is 0 Å². The van der Waals surface area contributed by atoms with E-state index in [1.165, 1.54) is 25.0 Å². The summed E-state index contributed by atoms with van der Waals surface area (Å²) in [5.74, 6) is 0.653. The first kappa shape index (κ1) is 12.7. The molecule has 0 amide bonds. The number of aromatic nitrogens is 1. The largest absolute Gasteiger partial charge is 0.381 e. The summed E-state index contributed by atoms with van der Waals surface area (Å²) in [6.45, 7) is 6.17. The van der Waals surface area contributed by atoms with Gasteiger partial charge >= 0.3 is 0 Å². The highest BCUT2D eigenvalue weighted by molar-refractivity contribution is 7.07. The van der Waals surface area contributed by atoms with Gasteiger partial charge in [0, 0.05) is 18.6 Å². The minimum Gasteiger partial charge on any atom is -0.381 e. The highest BCUT2D eigenvalue weighted by Gasteiger charge is 1.96. The molecule has 0 aliphatic heterocycles. The SMILES string of the molecule is CC(C)COCCCCCc1cscn1. The van der Waals surface area contributed by atoms with Crippen molar-refractivity contribution in [1.82, 2.24) is 4.98 Å². The van der Waals surface area contributed by atoms with E-state index in [-0.39, 0.29) is 0 Å². The molecule has 0 saturated heterocycles.